The molecule has 21 heavy (non-hydrogen) atoms. The molecule has 0 heterocycles. The van der Waals surface area contributed by atoms with Crippen molar-refractivity contribution in [3.63, 3.8) is 0 Å². The van der Waals surface area contributed by atoms with Gasteiger partial charge in [0.2, 0.25) is 0 Å². The van der Waals surface area contributed by atoms with Crippen molar-refractivity contribution in [3.05, 3.63) is 0 Å². The number of hydrogen-bond acceptors (Lipinski definition) is 3. The summed E-state index contributed by atoms with van der Waals surface area (Å²) in [6, 6.07) is 0. The molecular weight excluding hydrogens is 264 g/mol. The van der Waals surface area contributed by atoms with E-state index in [-0.39, 0.29) is 0 Å². The van der Waals surface area contributed by atoms with Gasteiger partial charge in [0.25, 0.3) is 0 Å². The van der Waals surface area contributed by atoms with Crippen LogP contribution in [0.15, 0.2) is 0 Å². The molecule has 0 atom stereocenters. The van der Waals surface area contributed by atoms with E-state index in [1.807, 2.05) is 13.8 Å². The highest BCUT2D eigenvalue weighted by atomic mass is 16.5. The zero-order valence-electron chi connectivity index (χ0n) is 14.7. The molecule has 0 aliphatic heterocycles. The number of aliphatic hydroxyl groups is 2. The van der Waals surface area contributed by atoms with Gasteiger partial charge in [-0.15, -0.1) is 0 Å². The van der Waals surface area contributed by atoms with Crippen molar-refractivity contribution < 1.29 is 15.0 Å². The van der Waals surface area contributed by atoms with E-state index in [0.29, 0.717) is 17.6 Å². The summed E-state index contributed by atoms with van der Waals surface area (Å²) in [6.07, 6.45) is 7.11. The first-order chi connectivity index (χ1) is 9.54. The highest BCUT2D eigenvalue weighted by molar-refractivity contribution is 5.78. The lowest BCUT2D eigenvalue weighted by Crippen LogP contribution is -2.28. The molecule has 0 radical (unpaired) electrons. The first-order valence-electron chi connectivity index (χ1n) is 8.42. The molecule has 3 nitrogen and oxygen atoms in total. The molecule has 0 bridgehead atoms. The molecule has 0 aromatic rings. The summed E-state index contributed by atoms with van der Waals surface area (Å²) in [4.78, 5) is 11.8. The van der Waals surface area contributed by atoms with Crippen molar-refractivity contribution >= 4 is 5.78 Å². The summed E-state index contributed by atoms with van der Waals surface area (Å²) in [5.74, 6) is 0.380. The summed E-state index contributed by atoms with van der Waals surface area (Å²) in [5.41, 5.74) is -0.0793. The van der Waals surface area contributed by atoms with E-state index in [1.165, 1.54) is 6.42 Å². The quantitative estimate of drug-likeness (QED) is 0.438. The molecule has 0 aliphatic rings. The van der Waals surface area contributed by atoms with Gasteiger partial charge in [0.05, 0.1) is 0 Å². The van der Waals surface area contributed by atoms with Crippen molar-refractivity contribution in [1.29, 1.82) is 0 Å². The van der Waals surface area contributed by atoms with E-state index in [4.69, 9.17) is 0 Å². The van der Waals surface area contributed by atoms with E-state index in [1.54, 1.807) is 0 Å². The van der Waals surface area contributed by atoms with Crippen molar-refractivity contribution in [3.8, 4) is 0 Å². The Kier molecular flexibility index (Phi) is 9.39. The van der Waals surface area contributed by atoms with Crippen LogP contribution in [-0.2, 0) is 4.79 Å². The van der Waals surface area contributed by atoms with E-state index >= 15 is 0 Å². The van der Waals surface area contributed by atoms with Crippen LogP contribution in [0.5, 0.6) is 0 Å². The first-order valence-corrected chi connectivity index (χ1v) is 8.42. The molecule has 0 spiro atoms. The van der Waals surface area contributed by atoms with E-state index < -0.39 is 11.7 Å². The second-order valence-corrected chi connectivity index (χ2v) is 8.23. The molecule has 0 fully saturated rings. The van der Waals surface area contributed by atoms with Crippen molar-refractivity contribution in [1.82, 2.24) is 0 Å². The second-order valence-electron chi connectivity index (χ2n) is 8.23. The average Bonchev–Trinajstić information content (AvgIpc) is 2.32. The van der Waals surface area contributed by atoms with Gasteiger partial charge in [0.15, 0.2) is 6.29 Å². The zero-order chi connectivity index (χ0) is 16.5. The summed E-state index contributed by atoms with van der Waals surface area (Å²) in [6.45, 7) is 10.4. The number of unbranched alkanes of at least 4 members (excludes halogenated alkanes) is 3. The Labute approximate surface area is 131 Å². The molecule has 0 rings (SSSR count). The Hall–Kier alpha value is -0.410. The van der Waals surface area contributed by atoms with Crippen LogP contribution < -0.4 is 0 Å². The third-order valence-electron chi connectivity index (χ3n) is 4.11. The Morgan fingerprint density at radius 1 is 0.810 bits per heavy atom. The molecule has 0 aromatic carbocycles. The summed E-state index contributed by atoms with van der Waals surface area (Å²) < 4.78 is 0. The number of rotatable bonds is 11. The maximum Gasteiger partial charge on any atom is 0.156 e. The predicted octanol–water partition coefficient (Wildman–Crippen LogP) is 4.45. The fourth-order valence-corrected chi connectivity index (χ4v) is 2.31. The lowest BCUT2D eigenvalue weighted by molar-refractivity contribution is -0.125. The molecule has 0 amide bonds. The van der Waals surface area contributed by atoms with E-state index in [0.717, 1.165) is 44.9 Å². The highest BCUT2D eigenvalue weighted by Gasteiger charge is 2.24. The van der Waals surface area contributed by atoms with Crippen LogP contribution >= 0.6 is 0 Å². The van der Waals surface area contributed by atoms with Gasteiger partial charge in [0, 0.05) is 18.3 Å². The SMILES string of the molecule is CC(C)(C)CCCCC(=O)CCCCCC(C)(C)C(O)O. The summed E-state index contributed by atoms with van der Waals surface area (Å²) in [7, 11) is 0. The molecule has 0 aliphatic carbocycles. The van der Waals surface area contributed by atoms with Gasteiger partial charge in [0.1, 0.15) is 5.78 Å². The normalized spacial score (nSPS) is 13.0. The fourth-order valence-electron chi connectivity index (χ4n) is 2.31. The van der Waals surface area contributed by atoms with Crippen LogP contribution in [0.4, 0.5) is 0 Å². The summed E-state index contributed by atoms with van der Waals surface area (Å²) in [5, 5.41) is 18.4. The van der Waals surface area contributed by atoms with Crippen LogP contribution in [-0.4, -0.2) is 22.3 Å². The fraction of sp³-hybridized carbons (Fsp3) is 0.944. The van der Waals surface area contributed by atoms with Gasteiger partial charge in [-0.05, 0) is 31.1 Å². The molecule has 2 N–H and O–H groups in total. The van der Waals surface area contributed by atoms with Crippen LogP contribution in [0.2, 0.25) is 0 Å². The number of carbonyl (C=O) groups is 1. The molecular formula is C18H36O3. The largest absolute Gasteiger partial charge is 0.368 e. The third-order valence-corrected chi connectivity index (χ3v) is 4.11. The smallest absolute Gasteiger partial charge is 0.156 e. The Balaban J connectivity index is 3.55. The van der Waals surface area contributed by atoms with Crippen molar-refractivity contribution in [2.75, 3.05) is 0 Å². The molecule has 0 aromatic heterocycles. The summed E-state index contributed by atoms with van der Waals surface area (Å²) >= 11 is 0. The van der Waals surface area contributed by atoms with Gasteiger partial charge in [-0.1, -0.05) is 53.9 Å². The maximum atomic E-state index is 11.8. The maximum absolute atomic E-state index is 11.8. The number of carbonyl (C=O) groups excluding carboxylic acids is 1. The second kappa shape index (κ2) is 9.58. The van der Waals surface area contributed by atoms with Crippen LogP contribution in [0.3, 0.4) is 0 Å². The van der Waals surface area contributed by atoms with Gasteiger partial charge >= 0.3 is 0 Å². The average molecular weight is 300 g/mol. The van der Waals surface area contributed by atoms with Gasteiger partial charge in [-0.25, -0.2) is 0 Å². The van der Waals surface area contributed by atoms with Gasteiger partial charge in [-0.3, -0.25) is 4.79 Å². The van der Waals surface area contributed by atoms with Crippen LogP contribution in [0.25, 0.3) is 0 Å². The molecule has 126 valence electrons. The zero-order valence-corrected chi connectivity index (χ0v) is 14.7. The van der Waals surface area contributed by atoms with Crippen LogP contribution in [0.1, 0.15) is 92.4 Å². The third kappa shape index (κ3) is 11.9. The lowest BCUT2D eigenvalue weighted by Gasteiger charge is -2.26. The van der Waals surface area contributed by atoms with Crippen molar-refractivity contribution in [2.24, 2.45) is 10.8 Å². The standard InChI is InChI=1S/C18H36O3/c1-17(2,3)13-10-8-12-15(19)11-7-6-9-14-18(4,5)16(20)21/h16,20-21H,6-14H2,1-5H3. The first kappa shape index (κ1) is 20.6. The van der Waals surface area contributed by atoms with Gasteiger partial charge < -0.3 is 10.2 Å². The number of Topliss-reactive ketones (excluding diaryl/α,β-unsaturated/α-hetero) is 1. The predicted molar refractivity (Wildman–Crippen MR) is 88.0 cm³/mol. The minimum Gasteiger partial charge on any atom is -0.368 e. The Morgan fingerprint density at radius 2 is 1.29 bits per heavy atom. The minimum atomic E-state index is -1.26. The number of hydrogen-bond donors (Lipinski definition) is 2. The molecule has 0 saturated heterocycles. The minimum absolute atomic E-state index is 0.368. The lowest BCUT2D eigenvalue weighted by atomic mass is 9.86. The Bertz CT molecular complexity index is 287. The monoisotopic (exact) mass is 300 g/mol. The molecule has 3 heteroatoms. The van der Waals surface area contributed by atoms with Crippen molar-refractivity contribution in [2.45, 2.75) is 98.7 Å². The van der Waals surface area contributed by atoms with E-state index in [9.17, 15) is 15.0 Å². The molecule has 0 saturated carbocycles. The Morgan fingerprint density at radius 3 is 1.76 bits per heavy atom. The number of ketones is 1. The molecule has 0 unspecified atom stereocenters. The highest BCUT2D eigenvalue weighted by Crippen LogP contribution is 2.27. The van der Waals surface area contributed by atoms with E-state index in [2.05, 4.69) is 20.8 Å². The van der Waals surface area contributed by atoms with Crippen LogP contribution in [0, 0.1) is 10.8 Å². The topological polar surface area (TPSA) is 57.5 Å². The number of aliphatic hydroxyl groups excluding tert-OH is 1. The van der Waals surface area contributed by atoms with Gasteiger partial charge in [-0.2, -0.15) is 0 Å².